The molecule has 1 amide bonds. The Kier molecular flexibility index (Phi) is 4.72. The van der Waals surface area contributed by atoms with Gasteiger partial charge in [-0.05, 0) is 39.5 Å². The Balaban J connectivity index is 2.37. The molecule has 2 rings (SSSR count). The van der Waals surface area contributed by atoms with Gasteiger partial charge in [0.25, 0.3) is 0 Å². The number of amides is 1. The van der Waals surface area contributed by atoms with Gasteiger partial charge in [-0.3, -0.25) is 4.79 Å². The van der Waals surface area contributed by atoms with Gasteiger partial charge in [0.15, 0.2) is 0 Å². The number of hydrogen-bond donors (Lipinski definition) is 3. The largest absolute Gasteiger partial charge is 0.329 e. The van der Waals surface area contributed by atoms with Gasteiger partial charge in [-0.2, -0.15) is 0 Å². The fourth-order valence-corrected chi connectivity index (χ4v) is 4.64. The minimum Gasteiger partial charge on any atom is -0.329 e. The second-order valence-electron chi connectivity index (χ2n) is 5.37. The monoisotopic (exact) mass is 375 g/mol. The van der Waals surface area contributed by atoms with Crippen molar-refractivity contribution in [2.75, 3.05) is 11.9 Å². The van der Waals surface area contributed by atoms with Crippen molar-refractivity contribution in [3.8, 4) is 0 Å². The van der Waals surface area contributed by atoms with Crippen LogP contribution >= 0.6 is 15.9 Å². The zero-order valence-electron chi connectivity index (χ0n) is 11.8. The van der Waals surface area contributed by atoms with Gasteiger partial charge in [-0.1, -0.05) is 13.8 Å². The van der Waals surface area contributed by atoms with E-state index in [4.69, 9.17) is 5.73 Å². The molecule has 21 heavy (non-hydrogen) atoms. The van der Waals surface area contributed by atoms with Crippen molar-refractivity contribution in [2.45, 2.75) is 31.2 Å². The Bertz CT molecular complexity index is 673. The van der Waals surface area contributed by atoms with E-state index in [0.717, 1.165) is 0 Å². The number of sulfonamides is 1. The maximum atomic E-state index is 12.5. The Morgan fingerprint density at radius 2 is 2.10 bits per heavy atom. The predicted molar refractivity (Wildman–Crippen MR) is 84.5 cm³/mol. The molecule has 0 bridgehead atoms. The zero-order valence-corrected chi connectivity index (χ0v) is 14.2. The van der Waals surface area contributed by atoms with E-state index in [9.17, 15) is 13.2 Å². The van der Waals surface area contributed by atoms with Gasteiger partial charge in [-0.15, -0.1) is 0 Å². The number of nitrogens with one attached hydrogen (secondary N) is 2. The topological polar surface area (TPSA) is 101 Å². The van der Waals surface area contributed by atoms with E-state index in [1.54, 1.807) is 6.07 Å². The maximum Gasteiger partial charge on any atom is 0.242 e. The number of benzene rings is 1. The maximum absolute atomic E-state index is 12.5. The van der Waals surface area contributed by atoms with Crippen LogP contribution in [0, 0.1) is 5.92 Å². The number of halogens is 1. The summed E-state index contributed by atoms with van der Waals surface area (Å²) in [6.45, 7) is 4.03. The van der Waals surface area contributed by atoms with Gasteiger partial charge in [0.05, 0.1) is 11.3 Å². The first-order valence-electron chi connectivity index (χ1n) is 6.59. The highest BCUT2D eigenvalue weighted by Gasteiger charge is 2.27. The quantitative estimate of drug-likeness (QED) is 0.719. The van der Waals surface area contributed by atoms with E-state index < -0.39 is 10.0 Å². The summed E-state index contributed by atoms with van der Waals surface area (Å²) in [5.74, 6) is -0.0531. The summed E-state index contributed by atoms with van der Waals surface area (Å²) in [6, 6.07) is 2.80. The Hall–Kier alpha value is -0.960. The zero-order chi connectivity index (χ0) is 15.8. The van der Waals surface area contributed by atoms with Crippen LogP contribution < -0.4 is 15.8 Å². The molecule has 1 aromatic carbocycles. The smallest absolute Gasteiger partial charge is 0.242 e. The van der Waals surface area contributed by atoms with E-state index in [-0.39, 0.29) is 35.7 Å². The van der Waals surface area contributed by atoms with Crippen molar-refractivity contribution in [1.29, 1.82) is 0 Å². The molecule has 8 heteroatoms. The number of rotatable bonds is 5. The van der Waals surface area contributed by atoms with E-state index in [1.165, 1.54) is 6.07 Å². The highest BCUT2D eigenvalue weighted by molar-refractivity contribution is 9.10. The molecule has 0 fully saturated rings. The summed E-state index contributed by atoms with van der Waals surface area (Å²) in [4.78, 5) is 11.5. The van der Waals surface area contributed by atoms with Crippen molar-refractivity contribution in [3.63, 3.8) is 0 Å². The molecule has 0 aliphatic carbocycles. The second kappa shape index (κ2) is 6.04. The minimum absolute atomic E-state index is 0.0845. The molecule has 1 aliphatic heterocycles. The molecule has 1 heterocycles. The Morgan fingerprint density at radius 3 is 2.67 bits per heavy atom. The van der Waals surface area contributed by atoms with Crippen molar-refractivity contribution >= 4 is 37.5 Å². The van der Waals surface area contributed by atoms with Crippen LogP contribution in [0.3, 0.4) is 0 Å². The van der Waals surface area contributed by atoms with Crippen LogP contribution in [0.1, 0.15) is 19.4 Å². The van der Waals surface area contributed by atoms with Crippen LogP contribution in [0.5, 0.6) is 0 Å². The number of carbonyl (C=O) groups excluding carboxylic acids is 1. The molecule has 0 saturated carbocycles. The fourth-order valence-electron chi connectivity index (χ4n) is 2.15. The third-order valence-corrected chi connectivity index (χ3v) is 5.89. The van der Waals surface area contributed by atoms with Crippen molar-refractivity contribution < 1.29 is 13.2 Å². The van der Waals surface area contributed by atoms with Crippen LogP contribution in [0.15, 0.2) is 21.5 Å². The Morgan fingerprint density at radius 1 is 1.43 bits per heavy atom. The molecule has 1 unspecified atom stereocenters. The van der Waals surface area contributed by atoms with E-state index in [0.29, 0.717) is 15.7 Å². The van der Waals surface area contributed by atoms with E-state index in [1.807, 2.05) is 13.8 Å². The normalized spacial score (nSPS) is 16.0. The van der Waals surface area contributed by atoms with Crippen LogP contribution in [0.2, 0.25) is 0 Å². The van der Waals surface area contributed by atoms with E-state index >= 15 is 0 Å². The first-order chi connectivity index (χ1) is 9.74. The van der Waals surface area contributed by atoms with Crippen LogP contribution in [0.4, 0.5) is 5.69 Å². The molecular formula is C13H18BrN3O3S. The van der Waals surface area contributed by atoms with Crippen LogP contribution in [-0.2, 0) is 21.2 Å². The lowest BCUT2D eigenvalue weighted by Gasteiger charge is -2.21. The average Bonchev–Trinajstić information content (AvgIpc) is 2.73. The fraction of sp³-hybridized carbons (Fsp3) is 0.462. The molecule has 116 valence electrons. The van der Waals surface area contributed by atoms with Gasteiger partial charge in [-0.25, -0.2) is 13.1 Å². The number of fused-ring (bicyclic) bond motifs is 1. The standard InChI is InChI=1S/C13H18BrN3O3S/c1-7(2)11(6-15)17-21(19,20)12-3-8-4-13(18)16-10(8)5-9(12)14/h3,5,7,11,17H,4,6,15H2,1-2H3,(H,16,18). The first-order valence-corrected chi connectivity index (χ1v) is 8.87. The third-order valence-electron chi connectivity index (χ3n) is 3.44. The predicted octanol–water partition coefficient (Wildman–Crippen LogP) is 1.21. The van der Waals surface area contributed by atoms with Gasteiger partial charge < -0.3 is 11.1 Å². The third kappa shape index (κ3) is 3.45. The average molecular weight is 376 g/mol. The number of hydrogen-bond acceptors (Lipinski definition) is 4. The van der Waals surface area contributed by atoms with Crippen LogP contribution in [0.25, 0.3) is 0 Å². The minimum atomic E-state index is -3.70. The molecule has 0 radical (unpaired) electrons. The number of anilines is 1. The molecule has 0 saturated heterocycles. The molecule has 0 aromatic heterocycles. The Labute approximate surface area is 132 Å². The van der Waals surface area contributed by atoms with Crippen LogP contribution in [-0.4, -0.2) is 26.9 Å². The molecule has 4 N–H and O–H groups in total. The summed E-state index contributed by atoms with van der Waals surface area (Å²) < 4.78 is 28.0. The van der Waals surface area contributed by atoms with Crippen molar-refractivity contribution in [3.05, 3.63) is 22.2 Å². The lowest BCUT2D eigenvalue weighted by atomic mass is 10.1. The lowest BCUT2D eigenvalue weighted by molar-refractivity contribution is -0.115. The summed E-state index contributed by atoms with van der Waals surface area (Å²) in [5.41, 5.74) is 6.93. The molecule has 1 aromatic rings. The molecule has 1 atom stereocenters. The summed E-state index contributed by atoms with van der Waals surface area (Å²) >= 11 is 3.25. The van der Waals surface area contributed by atoms with Gasteiger partial charge in [0.2, 0.25) is 15.9 Å². The van der Waals surface area contributed by atoms with Crippen molar-refractivity contribution in [2.24, 2.45) is 11.7 Å². The van der Waals surface area contributed by atoms with Gasteiger partial charge in [0.1, 0.15) is 0 Å². The van der Waals surface area contributed by atoms with Crippen molar-refractivity contribution in [1.82, 2.24) is 4.72 Å². The lowest BCUT2D eigenvalue weighted by Crippen LogP contribution is -2.43. The molecular weight excluding hydrogens is 358 g/mol. The molecule has 6 nitrogen and oxygen atoms in total. The molecule has 0 spiro atoms. The van der Waals surface area contributed by atoms with E-state index in [2.05, 4.69) is 26.0 Å². The summed E-state index contributed by atoms with van der Waals surface area (Å²) in [5, 5.41) is 2.68. The number of carbonyl (C=O) groups is 1. The highest BCUT2D eigenvalue weighted by Crippen LogP contribution is 2.32. The second-order valence-corrected chi connectivity index (χ2v) is 7.91. The number of nitrogens with two attached hydrogens (primary N) is 1. The summed E-state index contributed by atoms with van der Waals surface area (Å²) in [7, 11) is -3.70. The first kappa shape index (κ1) is 16.4. The summed E-state index contributed by atoms with van der Waals surface area (Å²) in [6.07, 6.45) is 0.190. The van der Waals surface area contributed by atoms with Gasteiger partial charge >= 0.3 is 0 Å². The van der Waals surface area contributed by atoms with Gasteiger partial charge in [0, 0.05) is 22.7 Å². The highest BCUT2D eigenvalue weighted by atomic mass is 79.9. The molecule has 1 aliphatic rings. The SMILES string of the molecule is CC(C)C(CN)NS(=O)(=O)c1cc2c(cc1Br)NC(=O)C2.